The van der Waals surface area contributed by atoms with Gasteiger partial charge in [0, 0.05) is 21.5 Å². The van der Waals surface area contributed by atoms with Gasteiger partial charge in [-0.3, -0.25) is 0 Å². The van der Waals surface area contributed by atoms with Crippen LogP contribution in [0.5, 0.6) is 23.0 Å². The van der Waals surface area contributed by atoms with Crippen LogP contribution in [0.25, 0.3) is 55.0 Å². The lowest BCUT2D eigenvalue weighted by atomic mass is 9.94. The van der Waals surface area contributed by atoms with Crippen molar-refractivity contribution in [3.63, 3.8) is 0 Å². The molecule has 0 atom stereocenters. The molecular formula is C52H54O8P2. The molecule has 62 heavy (non-hydrogen) atoms. The number of aryl methyl sites for hydroxylation is 11. The Bertz CT molecular complexity index is 3050. The summed E-state index contributed by atoms with van der Waals surface area (Å²) in [5.41, 5.74) is 15.6. The quantitative estimate of drug-likeness (QED) is 0.173. The Labute approximate surface area is 365 Å². The smallest absolute Gasteiger partial charge is 0.453 e. The lowest BCUT2D eigenvalue weighted by molar-refractivity contribution is 0.283. The molecule has 320 valence electrons. The van der Waals surface area contributed by atoms with Crippen LogP contribution in [0, 0.1) is 76.2 Å². The first-order valence-corrected chi connectivity index (χ1v) is 23.6. The average molecular weight is 869 g/mol. The van der Waals surface area contributed by atoms with Crippen LogP contribution < -0.4 is 18.5 Å². The zero-order valence-electron chi connectivity index (χ0n) is 37.5. The van der Waals surface area contributed by atoms with Gasteiger partial charge in [0.05, 0.1) is 24.3 Å². The highest BCUT2D eigenvalue weighted by atomic mass is 31.1. The maximum absolute atomic E-state index is 7.18. The molecule has 6 aromatic carbocycles. The van der Waals surface area contributed by atoms with Crippen molar-refractivity contribution in [1.82, 2.24) is 0 Å². The number of fused-ring (bicyclic) bond motifs is 9. The van der Waals surface area contributed by atoms with Gasteiger partial charge in [-0.15, -0.1) is 0 Å². The molecule has 0 saturated carbocycles. The number of rotatable bonds is 4. The molecule has 3 heterocycles. The van der Waals surface area contributed by atoms with Gasteiger partial charge in [-0.2, -0.15) is 0 Å². The Kier molecular flexibility index (Phi) is 11.1. The largest absolute Gasteiger partial charge is 0.493 e. The van der Waals surface area contributed by atoms with Crippen LogP contribution in [-0.2, 0) is 0 Å². The molecular weight excluding hydrogens is 815 g/mol. The van der Waals surface area contributed by atoms with E-state index in [9.17, 15) is 0 Å². The molecule has 0 bridgehead atoms. The van der Waals surface area contributed by atoms with Crippen molar-refractivity contribution in [2.75, 3.05) is 13.2 Å². The molecule has 1 aliphatic rings. The van der Waals surface area contributed by atoms with Gasteiger partial charge in [0.1, 0.15) is 33.8 Å². The summed E-state index contributed by atoms with van der Waals surface area (Å²) in [6.07, 6.45) is 2.71. The Morgan fingerprint density at radius 2 is 0.790 bits per heavy atom. The summed E-state index contributed by atoms with van der Waals surface area (Å²) in [7, 11) is -4.10. The molecule has 9 rings (SSSR count). The minimum Gasteiger partial charge on any atom is -0.493 e. The van der Waals surface area contributed by atoms with Gasteiger partial charge in [-0.25, -0.2) is 0 Å². The molecule has 8 aromatic rings. The first-order chi connectivity index (χ1) is 29.7. The first kappa shape index (κ1) is 41.7. The van der Waals surface area contributed by atoms with Crippen LogP contribution in [-0.4, -0.2) is 13.2 Å². The average Bonchev–Trinajstić information content (AvgIpc) is 3.47. The molecule has 8 nitrogen and oxygen atoms in total. The third-order valence-electron chi connectivity index (χ3n) is 11.7. The van der Waals surface area contributed by atoms with E-state index in [2.05, 4.69) is 117 Å². The molecule has 2 aromatic heterocycles. The van der Waals surface area contributed by atoms with E-state index in [1.807, 2.05) is 26.0 Å². The Balaban J connectivity index is 1.34. The zero-order chi connectivity index (χ0) is 43.6. The van der Waals surface area contributed by atoms with Gasteiger partial charge in [0.15, 0.2) is 11.5 Å². The monoisotopic (exact) mass is 868 g/mol. The van der Waals surface area contributed by atoms with Crippen LogP contribution in [0.2, 0.25) is 0 Å². The fraction of sp³-hybridized carbons (Fsp3) is 0.308. The molecule has 0 fully saturated rings. The van der Waals surface area contributed by atoms with E-state index in [0.29, 0.717) is 47.3 Å². The lowest BCUT2D eigenvalue weighted by Crippen LogP contribution is -2.04. The fourth-order valence-corrected chi connectivity index (χ4v) is 11.6. The highest BCUT2D eigenvalue weighted by molar-refractivity contribution is 7.32. The molecule has 0 radical (unpaired) electrons. The minimum absolute atomic E-state index is 0.523. The van der Waals surface area contributed by atoms with E-state index < -0.39 is 16.5 Å². The van der Waals surface area contributed by atoms with Crippen LogP contribution in [0.3, 0.4) is 0 Å². The van der Waals surface area contributed by atoms with E-state index in [-0.39, 0.29) is 0 Å². The van der Waals surface area contributed by atoms with Crippen molar-refractivity contribution in [3.8, 4) is 34.1 Å². The molecule has 10 heteroatoms. The molecule has 0 aliphatic carbocycles. The third kappa shape index (κ3) is 7.73. The Morgan fingerprint density at radius 3 is 1.23 bits per heavy atom. The highest BCUT2D eigenvalue weighted by Crippen LogP contribution is 2.55. The summed E-state index contributed by atoms with van der Waals surface area (Å²) in [6, 6.07) is 23.4. The van der Waals surface area contributed by atoms with Gasteiger partial charge < -0.3 is 35.3 Å². The minimum atomic E-state index is -2.05. The second-order valence-electron chi connectivity index (χ2n) is 17.2. The van der Waals surface area contributed by atoms with E-state index in [1.54, 1.807) is 0 Å². The van der Waals surface area contributed by atoms with Crippen molar-refractivity contribution in [2.45, 2.75) is 95.4 Å². The van der Waals surface area contributed by atoms with E-state index in [4.69, 9.17) is 35.3 Å². The lowest BCUT2D eigenvalue weighted by Gasteiger charge is -2.23. The number of hydrogen-bond donors (Lipinski definition) is 0. The molecule has 1 aliphatic heterocycles. The van der Waals surface area contributed by atoms with E-state index in [1.165, 1.54) is 0 Å². The molecule has 0 N–H and O–H groups in total. The summed E-state index contributed by atoms with van der Waals surface area (Å²) in [5, 5.41) is 3.93. The van der Waals surface area contributed by atoms with Gasteiger partial charge in [0.25, 0.3) is 0 Å². The molecule has 0 spiro atoms. The first-order valence-electron chi connectivity index (χ1n) is 21.4. The van der Waals surface area contributed by atoms with Gasteiger partial charge >= 0.3 is 16.5 Å². The fourth-order valence-electron chi connectivity index (χ4n) is 9.03. The molecule has 0 saturated heterocycles. The van der Waals surface area contributed by atoms with E-state index in [0.717, 1.165) is 124 Å². The summed E-state index contributed by atoms with van der Waals surface area (Å²) < 4.78 is 55.4. The van der Waals surface area contributed by atoms with Crippen molar-refractivity contribution < 1.29 is 35.3 Å². The molecule has 0 unspecified atom stereocenters. The van der Waals surface area contributed by atoms with Gasteiger partial charge in [0.2, 0.25) is 0 Å². The van der Waals surface area contributed by atoms with Crippen LogP contribution >= 0.6 is 16.5 Å². The molecule has 0 amide bonds. The predicted octanol–water partition coefficient (Wildman–Crippen LogP) is 16.6. The summed E-state index contributed by atoms with van der Waals surface area (Å²) in [6.45, 7) is 23.9. The van der Waals surface area contributed by atoms with Gasteiger partial charge in [-0.05, 0) is 193 Å². The Hall–Kier alpha value is -5.68. The third-order valence-corrected chi connectivity index (χ3v) is 13.7. The predicted molar refractivity (Wildman–Crippen MR) is 254 cm³/mol. The maximum atomic E-state index is 7.18. The standard InChI is InChI=1S/C52H54O8P2/c1-28-19-33(6)46-39(23-28)40-24-29(2)20-34(7)47(40)56-61(55-46)59-51-32(5)15-16-43-44(51)45-50(54-18-14-12-13-17-53-43)37(10)27-38(11)52(45)60-62-57-48-35(8)21-30(3)25-41(48)42-26-31(4)22-36(9)49(42)58-62/h15-16,19-27H,12-14,17-18H2,1-11H3. The van der Waals surface area contributed by atoms with Crippen LogP contribution in [0.15, 0.2) is 83.5 Å². The number of hydrogen-bond acceptors (Lipinski definition) is 8. The zero-order valence-corrected chi connectivity index (χ0v) is 39.3. The van der Waals surface area contributed by atoms with Crippen molar-refractivity contribution >= 4 is 60.4 Å². The number of benzene rings is 6. The Morgan fingerprint density at radius 1 is 0.387 bits per heavy atom. The van der Waals surface area contributed by atoms with Crippen LogP contribution in [0.4, 0.5) is 0 Å². The van der Waals surface area contributed by atoms with Crippen LogP contribution in [0.1, 0.15) is 80.5 Å². The second kappa shape index (κ2) is 16.5. The topological polar surface area (TPSA) is 89.5 Å². The number of ether oxygens (including phenoxy) is 2. The van der Waals surface area contributed by atoms with Crippen molar-refractivity contribution in [3.05, 3.63) is 128 Å². The maximum Gasteiger partial charge on any atom is 0.453 e. The summed E-state index contributed by atoms with van der Waals surface area (Å²) in [4.78, 5) is 0. The van der Waals surface area contributed by atoms with Crippen molar-refractivity contribution in [1.29, 1.82) is 0 Å². The normalized spacial score (nSPS) is 13.0. The van der Waals surface area contributed by atoms with E-state index >= 15 is 0 Å². The van der Waals surface area contributed by atoms with Crippen molar-refractivity contribution in [2.24, 2.45) is 0 Å². The summed E-state index contributed by atoms with van der Waals surface area (Å²) in [5.74, 6) is 2.43. The highest BCUT2D eigenvalue weighted by Gasteiger charge is 2.30. The van der Waals surface area contributed by atoms with Gasteiger partial charge in [-0.1, -0.05) is 30.3 Å². The second-order valence-corrected chi connectivity index (χ2v) is 19.2. The summed E-state index contributed by atoms with van der Waals surface area (Å²) >= 11 is 0. The SMILES string of the molecule is Cc1cc(C)c2op(Oc3c(C)ccc4c3-c3c(c(C)cc(C)c3Op3oc5c(C)cc(C)cc5c5cc(C)cc(C)c5o3)OCCCCCO4)oc3c(C)cc(C)cc3c2c1.